The topological polar surface area (TPSA) is 12.0 Å². The molecule has 0 radical (unpaired) electrons. The molecule has 1 aromatic rings. The van der Waals surface area contributed by atoms with E-state index in [1.165, 1.54) is 28.6 Å². The number of nitrogens with one attached hydrogen (secondary N) is 1. The van der Waals surface area contributed by atoms with E-state index in [0.29, 0.717) is 0 Å². The van der Waals surface area contributed by atoms with E-state index in [1.54, 1.807) is 0 Å². The van der Waals surface area contributed by atoms with Gasteiger partial charge in [-0.15, -0.1) is 0 Å². The second kappa shape index (κ2) is 4.49. The van der Waals surface area contributed by atoms with E-state index in [2.05, 4.69) is 58.5 Å². The van der Waals surface area contributed by atoms with E-state index < -0.39 is 0 Å². The van der Waals surface area contributed by atoms with Crippen LogP contribution in [-0.4, -0.2) is 6.54 Å². The lowest BCUT2D eigenvalue weighted by molar-refractivity contribution is 0.472. The Kier molecular flexibility index (Phi) is 2.99. The number of fused-ring (bicyclic) bond motifs is 2. The van der Waals surface area contributed by atoms with Gasteiger partial charge >= 0.3 is 0 Å². The van der Waals surface area contributed by atoms with Crippen molar-refractivity contribution in [1.82, 2.24) is 0 Å². The van der Waals surface area contributed by atoms with Crippen molar-refractivity contribution in [2.75, 3.05) is 11.9 Å². The first-order valence-corrected chi connectivity index (χ1v) is 7.20. The van der Waals surface area contributed by atoms with Crippen LogP contribution in [0, 0.1) is 24.7 Å². The monoisotopic (exact) mass is 291 g/mol. The zero-order valence-electron chi connectivity index (χ0n) is 10.1. The number of allylic oxidation sites excluding steroid dienone is 2. The zero-order chi connectivity index (χ0) is 11.8. The molecule has 3 rings (SSSR count). The Morgan fingerprint density at radius 3 is 2.82 bits per heavy atom. The molecule has 2 aliphatic rings. The number of anilines is 1. The van der Waals surface area contributed by atoms with Gasteiger partial charge in [-0.3, -0.25) is 0 Å². The summed E-state index contributed by atoms with van der Waals surface area (Å²) >= 11 is 3.58. The maximum atomic E-state index is 3.58. The highest BCUT2D eigenvalue weighted by Crippen LogP contribution is 2.43. The molecule has 2 bridgehead atoms. The molecule has 0 aliphatic heterocycles. The van der Waals surface area contributed by atoms with E-state index in [9.17, 15) is 0 Å². The summed E-state index contributed by atoms with van der Waals surface area (Å²) < 4.78 is 1.19. The van der Waals surface area contributed by atoms with Crippen molar-refractivity contribution in [3.05, 3.63) is 40.4 Å². The summed E-state index contributed by atoms with van der Waals surface area (Å²) in [7, 11) is 0. The summed E-state index contributed by atoms with van der Waals surface area (Å²) in [5.74, 6) is 2.54. The molecule has 3 unspecified atom stereocenters. The number of rotatable bonds is 3. The average molecular weight is 292 g/mol. The van der Waals surface area contributed by atoms with Crippen LogP contribution < -0.4 is 5.32 Å². The van der Waals surface area contributed by atoms with Gasteiger partial charge in [0, 0.05) is 16.7 Å². The fourth-order valence-corrected chi connectivity index (χ4v) is 3.46. The van der Waals surface area contributed by atoms with Crippen molar-refractivity contribution in [2.24, 2.45) is 17.8 Å². The Morgan fingerprint density at radius 2 is 2.18 bits per heavy atom. The molecule has 3 atom stereocenters. The van der Waals surface area contributed by atoms with E-state index in [0.717, 1.165) is 24.3 Å². The predicted molar refractivity (Wildman–Crippen MR) is 76.2 cm³/mol. The van der Waals surface area contributed by atoms with Gasteiger partial charge < -0.3 is 5.32 Å². The van der Waals surface area contributed by atoms with Gasteiger partial charge in [0.2, 0.25) is 0 Å². The third-order valence-electron chi connectivity index (χ3n) is 4.16. The van der Waals surface area contributed by atoms with Gasteiger partial charge in [-0.2, -0.15) is 0 Å². The standard InChI is InChI=1S/C15H18BrN/c1-10-2-5-14(8-15(10)16)17-9-13-7-11-3-4-12(13)6-11/h2-5,8,11-13,17H,6-7,9H2,1H3. The van der Waals surface area contributed by atoms with Gasteiger partial charge in [-0.05, 0) is 55.2 Å². The number of halogens is 1. The lowest BCUT2D eigenvalue weighted by Crippen LogP contribution is -2.18. The Bertz CT molecular complexity index is 452. The third kappa shape index (κ3) is 2.28. The molecule has 0 saturated heterocycles. The SMILES string of the molecule is Cc1ccc(NCC2CC3C=CC2C3)cc1Br. The zero-order valence-corrected chi connectivity index (χ0v) is 11.7. The van der Waals surface area contributed by atoms with Crippen LogP contribution in [0.1, 0.15) is 18.4 Å². The Labute approximate surface area is 111 Å². The Balaban J connectivity index is 1.61. The second-order valence-corrected chi connectivity index (χ2v) is 6.24. The molecule has 0 spiro atoms. The van der Waals surface area contributed by atoms with E-state index in [1.807, 2.05) is 0 Å². The molecule has 2 heteroatoms. The minimum atomic E-state index is 0.835. The van der Waals surface area contributed by atoms with Crippen LogP contribution in [0.3, 0.4) is 0 Å². The molecule has 90 valence electrons. The largest absolute Gasteiger partial charge is 0.385 e. The maximum Gasteiger partial charge on any atom is 0.0351 e. The molecule has 2 aliphatic carbocycles. The molecule has 1 aromatic carbocycles. The second-order valence-electron chi connectivity index (χ2n) is 5.39. The first-order chi connectivity index (χ1) is 8.22. The molecule has 1 N–H and O–H groups in total. The lowest BCUT2D eigenvalue weighted by Gasteiger charge is -2.19. The minimum Gasteiger partial charge on any atom is -0.385 e. The van der Waals surface area contributed by atoms with E-state index in [4.69, 9.17) is 0 Å². The maximum absolute atomic E-state index is 3.58. The average Bonchev–Trinajstić information content (AvgIpc) is 2.92. The highest BCUT2D eigenvalue weighted by Gasteiger charge is 2.35. The van der Waals surface area contributed by atoms with E-state index >= 15 is 0 Å². The highest BCUT2D eigenvalue weighted by molar-refractivity contribution is 9.10. The van der Waals surface area contributed by atoms with Crippen molar-refractivity contribution < 1.29 is 0 Å². The van der Waals surface area contributed by atoms with Crippen LogP contribution in [0.2, 0.25) is 0 Å². The summed E-state index contributed by atoms with van der Waals surface area (Å²) in [6.45, 7) is 3.23. The van der Waals surface area contributed by atoms with Crippen LogP contribution in [0.15, 0.2) is 34.8 Å². The highest BCUT2D eigenvalue weighted by atomic mass is 79.9. The van der Waals surface area contributed by atoms with Crippen LogP contribution in [0.4, 0.5) is 5.69 Å². The van der Waals surface area contributed by atoms with Crippen molar-refractivity contribution in [3.63, 3.8) is 0 Å². The van der Waals surface area contributed by atoms with Crippen molar-refractivity contribution >= 4 is 21.6 Å². The molecule has 1 fully saturated rings. The van der Waals surface area contributed by atoms with Crippen LogP contribution in [0.5, 0.6) is 0 Å². The number of hydrogen-bond donors (Lipinski definition) is 1. The first-order valence-electron chi connectivity index (χ1n) is 6.41. The van der Waals surface area contributed by atoms with E-state index in [-0.39, 0.29) is 0 Å². The first kappa shape index (κ1) is 11.3. The normalized spacial score (nSPS) is 29.9. The summed E-state index contributed by atoms with van der Waals surface area (Å²) in [6, 6.07) is 6.51. The minimum absolute atomic E-state index is 0.835. The quantitative estimate of drug-likeness (QED) is 0.815. The van der Waals surface area contributed by atoms with Gasteiger partial charge in [0.05, 0.1) is 0 Å². The molecule has 1 nitrogen and oxygen atoms in total. The summed E-state index contributed by atoms with van der Waals surface area (Å²) in [6.07, 6.45) is 7.60. The fraction of sp³-hybridized carbons (Fsp3) is 0.467. The van der Waals surface area contributed by atoms with Gasteiger partial charge in [0.25, 0.3) is 0 Å². The molecular formula is C15H18BrN. The summed E-state index contributed by atoms with van der Waals surface area (Å²) in [4.78, 5) is 0. The lowest BCUT2D eigenvalue weighted by atomic mass is 9.93. The Hall–Kier alpha value is -0.760. The Morgan fingerprint density at radius 1 is 1.29 bits per heavy atom. The molecule has 0 amide bonds. The third-order valence-corrected chi connectivity index (χ3v) is 5.01. The van der Waals surface area contributed by atoms with Crippen molar-refractivity contribution in [2.45, 2.75) is 19.8 Å². The van der Waals surface area contributed by atoms with Crippen LogP contribution >= 0.6 is 15.9 Å². The van der Waals surface area contributed by atoms with Gasteiger partial charge in [0.1, 0.15) is 0 Å². The fourth-order valence-electron chi connectivity index (χ4n) is 3.08. The number of aryl methyl sites for hydroxylation is 1. The molecule has 1 saturated carbocycles. The van der Waals surface area contributed by atoms with Crippen molar-refractivity contribution in [1.29, 1.82) is 0 Å². The molecule has 17 heavy (non-hydrogen) atoms. The van der Waals surface area contributed by atoms with Gasteiger partial charge in [-0.1, -0.05) is 34.1 Å². The molecule has 0 aromatic heterocycles. The van der Waals surface area contributed by atoms with Crippen LogP contribution in [-0.2, 0) is 0 Å². The summed E-state index contributed by atoms with van der Waals surface area (Å²) in [5, 5.41) is 3.58. The smallest absolute Gasteiger partial charge is 0.0351 e. The van der Waals surface area contributed by atoms with Crippen LogP contribution in [0.25, 0.3) is 0 Å². The number of hydrogen-bond acceptors (Lipinski definition) is 1. The van der Waals surface area contributed by atoms with Crippen molar-refractivity contribution in [3.8, 4) is 0 Å². The predicted octanol–water partition coefficient (Wildman–Crippen LogP) is 4.38. The van der Waals surface area contributed by atoms with Gasteiger partial charge in [-0.25, -0.2) is 0 Å². The number of benzene rings is 1. The summed E-state index contributed by atoms with van der Waals surface area (Å²) in [5.41, 5.74) is 2.52. The van der Waals surface area contributed by atoms with Gasteiger partial charge in [0.15, 0.2) is 0 Å². The molecular weight excluding hydrogens is 274 g/mol. The molecule has 0 heterocycles.